The van der Waals surface area contributed by atoms with Gasteiger partial charge in [-0.05, 0) is 0 Å². The van der Waals surface area contributed by atoms with Gasteiger partial charge in [0.15, 0.2) is 0 Å². The number of hydrogen-bond acceptors (Lipinski definition) is 3. The molecule has 0 rings (SSSR count). The molecule has 7 nitrogen and oxygen atoms in total. The third kappa shape index (κ3) is 2880. The summed E-state index contributed by atoms with van der Waals surface area (Å²) in [4.78, 5) is 8.56. The standard InChI is InChI=1S/CH2O3.Ca.H2O4S.2H/c2-1(3)4;;1-5(2,3)4;;/h(H2,2,3,4);;(H2,1,2,3,4);;. The number of hydrogen-bond donors (Lipinski definition) is 4. The summed E-state index contributed by atoms with van der Waals surface area (Å²) in [5.41, 5.74) is 0. The average Bonchev–Trinajstić information content (AvgIpc) is 1.19. The molecule has 0 aliphatic heterocycles. The molecule has 0 saturated carbocycles. The van der Waals surface area contributed by atoms with E-state index in [0.29, 0.717) is 0 Å². The Labute approximate surface area is 86.2 Å². The molecule has 0 aromatic carbocycles. The zero-order chi connectivity index (χ0) is 8.08. The van der Waals surface area contributed by atoms with E-state index in [0.717, 1.165) is 0 Å². The molecule has 0 unspecified atom stereocenters. The van der Waals surface area contributed by atoms with Crippen LogP contribution in [0, 0.1) is 0 Å². The first kappa shape index (κ1) is 16.8. The molecule has 0 heterocycles. The van der Waals surface area contributed by atoms with Crippen molar-refractivity contribution in [2.75, 3.05) is 0 Å². The van der Waals surface area contributed by atoms with E-state index in [1.165, 1.54) is 0 Å². The van der Waals surface area contributed by atoms with Gasteiger partial charge >= 0.3 is 54.3 Å². The van der Waals surface area contributed by atoms with Gasteiger partial charge in [0.25, 0.3) is 0 Å². The number of carboxylic acid groups (broad SMARTS) is 2. The molecule has 0 aliphatic rings. The fraction of sp³-hybridized carbons (Fsp3) is 0. The summed E-state index contributed by atoms with van der Waals surface area (Å²) in [5, 5.41) is 13.9. The molecule has 0 saturated heterocycles. The Morgan fingerprint density at radius 3 is 1.10 bits per heavy atom. The first-order valence-corrected chi connectivity index (χ1v) is 2.75. The van der Waals surface area contributed by atoms with Crippen molar-refractivity contribution in [3.63, 3.8) is 0 Å². The molecule has 0 aromatic rings. The molecule has 60 valence electrons. The van der Waals surface area contributed by atoms with Crippen molar-refractivity contribution in [1.82, 2.24) is 0 Å². The maximum atomic E-state index is 8.74. The number of rotatable bonds is 0. The van der Waals surface area contributed by atoms with E-state index in [-0.39, 0.29) is 37.7 Å². The summed E-state index contributed by atoms with van der Waals surface area (Å²) >= 11 is 0. The Kier molecular flexibility index (Phi) is 12.6. The van der Waals surface area contributed by atoms with Crippen molar-refractivity contribution in [3.05, 3.63) is 0 Å². The Hall–Kier alpha value is 0.400. The van der Waals surface area contributed by atoms with Gasteiger partial charge in [0.1, 0.15) is 0 Å². The molecule has 0 aromatic heterocycles. The molecule has 0 bridgehead atoms. The van der Waals surface area contributed by atoms with E-state index in [9.17, 15) is 0 Å². The molecule has 0 fully saturated rings. The van der Waals surface area contributed by atoms with E-state index >= 15 is 0 Å². The van der Waals surface area contributed by atoms with Crippen LogP contribution in [0.1, 0.15) is 0 Å². The Bertz CT molecular complexity index is 156. The van der Waals surface area contributed by atoms with Crippen LogP contribution < -0.4 is 0 Å². The zero-order valence-electron chi connectivity index (χ0n) is 3.92. The minimum atomic E-state index is -4.67. The monoisotopic (exact) mass is 202 g/mol. The van der Waals surface area contributed by atoms with Crippen molar-refractivity contribution < 1.29 is 32.5 Å². The van der Waals surface area contributed by atoms with E-state index < -0.39 is 16.6 Å². The van der Waals surface area contributed by atoms with Crippen LogP contribution in [0.2, 0.25) is 0 Å². The van der Waals surface area contributed by atoms with Crippen molar-refractivity contribution in [1.29, 1.82) is 0 Å². The molecular weight excluding hydrogens is 196 g/mol. The van der Waals surface area contributed by atoms with Gasteiger partial charge in [-0.2, -0.15) is 8.42 Å². The van der Waals surface area contributed by atoms with Gasteiger partial charge in [-0.3, -0.25) is 9.11 Å². The summed E-state index contributed by atoms with van der Waals surface area (Å²) in [6.07, 6.45) is -1.83. The predicted molar refractivity (Wildman–Crippen MR) is 33.4 cm³/mol. The van der Waals surface area contributed by atoms with Crippen molar-refractivity contribution in [3.8, 4) is 0 Å². The maximum absolute atomic E-state index is 8.74. The van der Waals surface area contributed by atoms with E-state index in [2.05, 4.69) is 0 Å². The van der Waals surface area contributed by atoms with Gasteiger partial charge in [-0.1, -0.05) is 0 Å². The van der Waals surface area contributed by atoms with Crippen molar-refractivity contribution in [2.45, 2.75) is 0 Å². The van der Waals surface area contributed by atoms with Crippen LogP contribution in [0.3, 0.4) is 0 Å². The summed E-state index contributed by atoms with van der Waals surface area (Å²) in [7, 11) is -4.67. The van der Waals surface area contributed by atoms with Gasteiger partial charge in [-0.15, -0.1) is 0 Å². The Balaban J connectivity index is -0.0000000910. The van der Waals surface area contributed by atoms with Crippen LogP contribution >= 0.6 is 0 Å². The van der Waals surface area contributed by atoms with Gasteiger partial charge in [0.2, 0.25) is 0 Å². The van der Waals surface area contributed by atoms with Gasteiger partial charge < -0.3 is 10.2 Å². The van der Waals surface area contributed by atoms with Crippen molar-refractivity contribution in [2.24, 2.45) is 0 Å². The second-order valence-electron chi connectivity index (χ2n) is 0.730. The fourth-order valence-corrected chi connectivity index (χ4v) is 0. The molecule has 0 radical (unpaired) electrons. The molecule has 0 amide bonds. The van der Waals surface area contributed by atoms with Crippen molar-refractivity contribution >= 4 is 54.3 Å². The Morgan fingerprint density at radius 1 is 1.10 bits per heavy atom. The summed E-state index contributed by atoms with van der Waals surface area (Å²) in [6, 6.07) is 0. The molecule has 10 heavy (non-hydrogen) atoms. The fourth-order valence-electron chi connectivity index (χ4n) is 0. The van der Waals surface area contributed by atoms with Crippen LogP contribution in [0.4, 0.5) is 4.79 Å². The quantitative estimate of drug-likeness (QED) is 0.282. The molecular formula is CH6CaO7S. The molecule has 0 spiro atoms. The van der Waals surface area contributed by atoms with E-state index in [4.69, 9.17) is 32.5 Å². The van der Waals surface area contributed by atoms with Crippen LogP contribution in [-0.2, 0) is 10.4 Å². The average molecular weight is 202 g/mol. The second kappa shape index (κ2) is 7.51. The predicted octanol–water partition coefficient (Wildman–Crippen LogP) is -1.35. The van der Waals surface area contributed by atoms with Crippen LogP contribution in [0.5, 0.6) is 0 Å². The number of carbonyl (C=O) groups is 1. The first-order valence-electron chi connectivity index (χ1n) is 1.35. The van der Waals surface area contributed by atoms with Crippen LogP contribution in [-0.4, -0.2) is 71.6 Å². The second-order valence-corrected chi connectivity index (χ2v) is 1.63. The summed E-state index contributed by atoms with van der Waals surface area (Å²) < 4.78 is 31.6. The van der Waals surface area contributed by atoms with E-state index in [1.807, 2.05) is 0 Å². The third-order valence-electron chi connectivity index (χ3n) is 0. The normalized spacial score (nSPS) is 8.20. The van der Waals surface area contributed by atoms with Crippen LogP contribution in [0.25, 0.3) is 0 Å². The molecule has 0 atom stereocenters. The summed E-state index contributed by atoms with van der Waals surface area (Å²) in [6.45, 7) is 0. The SMILES string of the molecule is O=C(O)O.O=S(=O)(O)O.[CaH2]. The third-order valence-corrected chi connectivity index (χ3v) is 0. The van der Waals surface area contributed by atoms with Gasteiger partial charge in [0, 0.05) is 0 Å². The Morgan fingerprint density at radius 2 is 1.10 bits per heavy atom. The van der Waals surface area contributed by atoms with Gasteiger partial charge in [0.05, 0.1) is 0 Å². The molecule has 4 N–H and O–H groups in total. The van der Waals surface area contributed by atoms with Crippen LogP contribution in [0.15, 0.2) is 0 Å². The van der Waals surface area contributed by atoms with E-state index in [1.54, 1.807) is 0 Å². The molecule has 0 aliphatic carbocycles. The first-order chi connectivity index (χ1) is 3.73. The summed E-state index contributed by atoms with van der Waals surface area (Å²) in [5.74, 6) is 0. The molecule has 9 heteroatoms. The zero-order valence-corrected chi connectivity index (χ0v) is 4.74. The topological polar surface area (TPSA) is 132 Å². The minimum absolute atomic E-state index is 0. The van der Waals surface area contributed by atoms with Gasteiger partial charge in [-0.25, -0.2) is 4.79 Å².